The van der Waals surface area contributed by atoms with Gasteiger partial charge in [-0.15, -0.1) is 11.3 Å². The first kappa shape index (κ1) is 14.2. The van der Waals surface area contributed by atoms with Crippen molar-refractivity contribution >= 4 is 27.3 Å². The largest absolute Gasteiger partial charge is 0.271 e. The molecule has 4 heteroatoms. The van der Waals surface area contributed by atoms with E-state index in [4.69, 9.17) is 5.84 Å². The molecular weight excluding hydrogens is 284 g/mol. The number of hydrazine groups is 1. The molecule has 1 atom stereocenters. The summed E-state index contributed by atoms with van der Waals surface area (Å²) in [5.41, 5.74) is 3.00. The van der Waals surface area contributed by atoms with Gasteiger partial charge in [0.25, 0.3) is 0 Å². The van der Waals surface area contributed by atoms with Gasteiger partial charge in [0.15, 0.2) is 0 Å². The predicted molar refractivity (Wildman–Crippen MR) is 75.4 cm³/mol. The van der Waals surface area contributed by atoms with Crippen LogP contribution >= 0.6 is 27.3 Å². The van der Waals surface area contributed by atoms with Gasteiger partial charge in [-0.25, -0.2) is 0 Å². The highest BCUT2D eigenvalue weighted by Crippen LogP contribution is 2.36. The molecule has 1 aromatic heterocycles. The fourth-order valence-electron chi connectivity index (χ4n) is 2.17. The maximum Gasteiger partial charge on any atom is 0.0592 e. The third-order valence-electron chi connectivity index (χ3n) is 2.90. The molecule has 0 saturated heterocycles. The Kier molecular flexibility index (Phi) is 6.58. The summed E-state index contributed by atoms with van der Waals surface area (Å²) < 4.78 is 1.18. The van der Waals surface area contributed by atoms with E-state index in [0.717, 1.165) is 0 Å². The fourth-order valence-corrected chi connectivity index (χ4v) is 3.95. The molecule has 1 heterocycles. The second kappa shape index (κ2) is 7.43. The Balaban J connectivity index is 2.81. The maximum atomic E-state index is 5.73. The van der Waals surface area contributed by atoms with Crippen LogP contribution in [0.25, 0.3) is 0 Å². The lowest BCUT2D eigenvalue weighted by Crippen LogP contribution is -2.33. The monoisotopic (exact) mass is 304 g/mol. The molecule has 0 fully saturated rings. The Morgan fingerprint density at radius 1 is 1.38 bits per heavy atom. The molecule has 0 aliphatic rings. The summed E-state index contributed by atoms with van der Waals surface area (Å²) in [4.78, 5) is 1.33. The van der Waals surface area contributed by atoms with E-state index in [9.17, 15) is 0 Å². The summed E-state index contributed by atoms with van der Waals surface area (Å²) in [6.45, 7) is 4.47. The van der Waals surface area contributed by atoms with Gasteiger partial charge in [0, 0.05) is 9.35 Å². The highest BCUT2D eigenvalue weighted by molar-refractivity contribution is 9.10. The van der Waals surface area contributed by atoms with Crippen molar-refractivity contribution in [2.45, 2.75) is 45.6 Å². The Labute approximate surface area is 111 Å². The fraction of sp³-hybridized carbons (Fsp3) is 0.667. The molecule has 1 unspecified atom stereocenters. The molecule has 0 radical (unpaired) electrons. The lowest BCUT2D eigenvalue weighted by molar-refractivity contribution is 0.322. The summed E-state index contributed by atoms with van der Waals surface area (Å²) in [5, 5.41) is 2.11. The standard InChI is InChI=1S/C12H21BrN2S/c1-3-5-9(6-4-2)11(15-14)12-10(13)7-8-16-12/h7-9,11,15H,3-6,14H2,1-2H3. The van der Waals surface area contributed by atoms with E-state index in [1.54, 1.807) is 11.3 Å². The van der Waals surface area contributed by atoms with E-state index in [1.807, 2.05) is 0 Å². The zero-order valence-electron chi connectivity index (χ0n) is 10.0. The van der Waals surface area contributed by atoms with Crippen molar-refractivity contribution in [2.75, 3.05) is 0 Å². The first-order valence-electron chi connectivity index (χ1n) is 5.93. The van der Waals surface area contributed by atoms with Crippen molar-refractivity contribution < 1.29 is 0 Å². The number of nitrogens with two attached hydrogens (primary N) is 1. The molecule has 0 spiro atoms. The van der Waals surface area contributed by atoms with Crippen LogP contribution in [0.1, 0.15) is 50.4 Å². The maximum absolute atomic E-state index is 5.73. The van der Waals surface area contributed by atoms with Crippen LogP contribution < -0.4 is 11.3 Å². The van der Waals surface area contributed by atoms with Crippen molar-refractivity contribution in [3.05, 3.63) is 20.8 Å². The minimum atomic E-state index is 0.286. The smallest absolute Gasteiger partial charge is 0.0592 e. The summed E-state index contributed by atoms with van der Waals surface area (Å²) in [7, 11) is 0. The molecule has 1 aromatic rings. The first-order chi connectivity index (χ1) is 7.74. The van der Waals surface area contributed by atoms with Gasteiger partial charge in [-0.2, -0.15) is 0 Å². The molecule has 92 valence electrons. The van der Waals surface area contributed by atoms with E-state index >= 15 is 0 Å². The zero-order chi connectivity index (χ0) is 12.0. The summed E-state index contributed by atoms with van der Waals surface area (Å²) in [6, 6.07) is 2.38. The molecular formula is C12H21BrN2S. The molecule has 16 heavy (non-hydrogen) atoms. The van der Waals surface area contributed by atoms with Gasteiger partial charge in [-0.3, -0.25) is 11.3 Å². The quantitative estimate of drug-likeness (QED) is 0.584. The average molecular weight is 305 g/mol. The van der Waals surface area contributed by atoms with Crippen molar-refractivity contribution in [2.24, 2.45) is 11.8 Å². The van der Waals surface area contributed by atoms with Gasteiger partial charge >= 0.3 is 0 Å². The van der Waals surface area contributed by atoms with Crippen LogP contribution in [0.15, 0.2) is 15.9 Å². The van der Waals surface area contributed by atoms with Crippen LogP contribution in [0.3, 0.4) is 0 Å². The van der Waals surface area contributed by atoms with Crippen LogP contribution in [-0.2, 0) is 0 Å². The summed E-state index contributed by atoms with van der Waals surface area (Å²) >= 11 is 5.37. The minimum absolute atomic E-state index is 0.286. The van der Waals surface area contributed by atoms with Crippen LogP contribution in [0.2, 0.25) is 0 Å². The van der Waals surface area contributed by atoms with Gasteiger partial charge < -0.3 is 0 Å². The number of halogens is 1. The van der Waals surface area contributed by atoms with E-state index < -0.39 is 0 Å². The van der Waals surface area contributed by atoms with Crippen LogP contribution in [0.5, 0.6) is 0 Å². The van der Waals surface area contributed by atoms with Gasteiger partial charge in [0.2, 0.25) is 0 Å². The molecule has 0 saturated carbocycles. The molecule has 1 rings (SSSR count). The zero-order valence-corrected chi connectivity index (χ0v) is 12.4. The minimum Gasteiger partial charge on any atom is -0.271 e. The third-order valence-corrected chi connectivity index (χ3v) is 4.85. The van der Waals surface area contributed by atoms with Gasteiger partial charge in [-0.05, 0) is 46.1 Å². The average Bonchev–Trinajstić information content (AvgIpc) is 2.67. The molecule has 0 aromatic carbocycles. The van der Waals surface area contributed by atoms with Crippen molar-refractivity contribution in [1.29, 1.82) is 0 Å². The van der Waals surface area contributed by atoms with Crippen LogP contribution in [0, 0.1) is 5.92 Å². The topological polar surface area (TPSA) is 38.0 Å². The second-order valence-corrected chi connectivity index (χ2v) is 5.92. The lowest BCUT2D eigenvalue weighted by Gasteiger charge is -2.25. The normalized spacial score (nSPS) is 13.3. The van der Waals surface area contributed by atoms with E-state index in [0.29, 0.717) is 5.92 Å². The molecule has 2 nitrogen and oxygen atoms in total. The number of rotatable bonds is 7. The van der Waals surface area contributed by atoms with Gasteiger partial charge in [-0.1, -0.05) is 26.7 Å². The predicted octanol–water partition coefficient (Wildman–Crippen LogP) is 4.23. The van der Waals surface area contributed by atoms with E-state index in [-0.39, 0.29) is 6.04 Å². The lowest BCUT2D eigenvalue weighted by atomic mass is 9.90. The molecule has 0 aliphatic heterocycles. The molecule has 0 amide bonds. The van der Waals surface area contributed by atoms with Crippen LogP contribution in [0.4, 0.5) is 0 Å². The highest BCUT2D eigenvalue weighted by atomic mass is 79.9. The van der Waals surface area contributed by atoms with E-state index in [1.165, 1.54) is 35.0 Å². The van der Waals surface area contributed by atoms with Crippen molar-refractivity contribution in [3.63, 3.8) is 0 Å². The summed E-state index contributed by atoms with van der Waals surface area (Å²) in [5.74, 6) is 6.36. The van der Waals surface area contributed by atoms with Crippen molar-refractivity contribution in [1.82, 2.24) is 5.43 Å². The molecule has 3 N–H and O–H groups in total. The van der Waals surface area contributed by atoms with Gasteiger partial charge in [0.1, 0.15) is 0 Å². The highest BCUT2D eigenvalue weighted by Gasteiger charge is 2.23. The Morgan fingerprint density at radius 2 is 2.00 bits per heavy atom. The SMILES string of the molecule is CCCC(CCC)C(NN)c1sccc1Br. The third kappa shape index (κ3) is 3.55. The first-order valence-corrected chi connectivity index (χ1v) is 7.60. The van der Waals surface area contributed by atoms with Crippen molar-refractivity contribution in [3.8, 4) is 0 Å². The second-order valence-electron chi connectivity index (χ2n) is 4.11. The number of hydrogen-bond donors (Lipinski definition) is 2. The Bertz CT molecular complexity index is 295. The Hall–Kier alpha value is 0.100. The number of hydrogen-bond acceptors (Lipinski definition) is 3. The molecule has 0 aliphatic carbocycles. The number of thiophene rings is 1. The summed E-state index contributed by atoms with van der Waals surface area (Å²) in [6.07, 6.45) is 4.89. The van der Waals surface area contributed by atoms with Gasteiger partial charge in [0.05, 0.1) is 6.04 Å². The van der Waals surface area contributed by atoms with Crippen LogP contribution in [-0.4, -0.2) is 0 Å². The van der Waals surface area contributed by atoms with E-state index in [2.05, 4.69) is 46.6 Å². The molecule has 0 bridgehead atoms. The Morgan fingerprint density at radius 3 is 2.38 bits per heavy atom. The number of nitrogens with one attached hydrogen (secondary N) is 1.